The molecule has 1 aliphatic carbocycles. The highest BCUT2D eigenvalue weighted by atomic mass is 16.5. The lowest BCUT2D eigenvalue weighted by Gasteiger charge is -2.43. The number of hydrogen-bond donors (Lipinski definition) is 1. The zero-order chi connectivity index (χ0) is 15.1. The van der Waals surface area contributed by atoms with Crippen molar-refractivity contribution in [3.05, 3.63) is 0 Å². The lowest BCUT2D eigenvalue weighted by molar-refractivity contribution is 0.0328. The summed E-state index contributed by atoms with van der Waals surface area (Å²) in [5.74, 6) is 0.938. The maximum absolute atomic E-state index is 5.88. The molecule has 21 heavy (non-hydrogen) atoms. The van der Waals surface area contributed by atoms with Crippen LogP contribution >= 0.6 is 0 Å². The molecule has 124 valence electrons. The molecule has 2 aliphatic rings. The topological polar surface area (TPSA) is 24.5 Å². The lowest BCUT2D eigenvalue weighted by atomic mass is 9.79. The summed E-state index contributed by atoms with van der Waals surface area (Å²) in [4.78, 5) is 2.71. The Morgan fingerprint density at radius 3 is 2.62 bits per heavy atom. The molecule has 1 saturated carbocycles. The predicted octanol–water partition coefficient (Wildman–Crippen LogP) is 3.43. The van der Waals surface area contributed by atoms with Gasteiger partial charge in [0.05, 0.1) is 6.10 Å². The first-order chi connectivity index (χ1) is 10.3. The van der Waals surface area contributed by atoms with Crippen molar-refractivity contribution in [3.63, 3.8) is 0 Å². The van der Waals surface area contributed by atoms with Crippen LogP contribution in [0.4, 0.5) is 0 Å². The number of likely N-dealkylation sites (N-methyl/N-ethyl adjacent to an activating group) is 2. The molecular formula is C18H36N2O. The highest BCUT2D eigenvalue weighted by Gasteiger charge is 2.34. The quantitative estimate of drug-likeness (QED) is 0.742. The second kappa shape index (κ2) is 9.12. The van der Waals surface area contributed by atoms with Crippen LogP contribution in [0.2, 0.25) is 0 Å². The van der Waals surface area contributed by atoms with Crippen LogP contribution in [-0.4, -0.2) is 49.3 Å². The molecule has 0 aromatic carbocycles. The first-order valence-electron chi connectivity index (χ1n) is 9.37. The molecule has 0 aromatic heterocycles. The Morgan fingerprint density at radius 1 is 1.14 bits per heavy atom. The molecule has 0 bridgehead atoms. The van der Waals surface area contributed by atoms with Crippen LogP contribution in [0.25, 0.3) is 0 Å². The fraction of sp³-hybridized carbons (Fsp3) is 1.00. The summed E-state index contributed by atoms with van der Waals surface area (Å²) in [6, 6.07) is 1.40. The van der Waals surface area contributed by atoms with Crippen molar-refractivity contribution in [3.8, 4) is 0 Å². The molecule has 0 amide bonds. The van der Waals surface area contributed by atoms with Crippen molar-refractivity contribution < 1.29 is 4.74 Å². The summed E-state index contributed by atoms with van der Waals surface area (Å²) in [5.41, 5.74) is 0. The summed E-state index contributed by atoms with van der Waals surface area (Å²) < 4.78 is 5.88. The summed E-state index contributed by atoms with van der Waals surface area (Å²) in [7, 11) is 0. The number of hydrogen-bond acceptors (Lipinski definition) is 3. The van der Waals surface area contributed by atoms with E-state index in [4.69, 9.17) is 4.74 Å². The summed E-state index contributed by atoms with van der Waals surface area (Å²) in [5, 5.41) is 3.75. The van der Waals surface area contributed by atoms with E-state index in [9.17, 15) is 0 Å². The maximum atomic E-state index is 5.88. The average molecular weight is 296 g/mol. The summed E-state index contributed by atoms with van der Waals surface area (Å²) in [6.45, 7) is 11.3. The van der Waals surface area contributed by atoms with Gasteiger partial charge in [-0.05, 0) is 51.1 Å². The normalized spacial score (nSPS) is 33.7. The monoisotopic (exact) mass is 296 g/mol. The van der Waals surface area contributed by atoms with Crippen LogP contribution in [0.15, 0.2) is 0 Å². The molecule has 4 atom stereocenters. The van der Waals surface area contributed by atoms with Crippen molar-refractivity contribution in [1.29, 1.82) is 0 Å². The first kappa shape index (κ1) is 17.2. The van der Waals surface area contributed by atoms with Gasteiger partial charge in [0.1, 0.15) is 0 Å². The van der Waals surface area contributed by atoms with E-state index in [-0.39, 0.29) is 0 Å². The number of nitrogens with one attached hydrogen (secondary N) is 1. The molecule has 0 spiro atoms. The van der Waals surface area contributed by atoms with Crippen LogP contribution in [0, 0.1) is 5.92 Å². The Bertz CT molecular complexity index is 278. The molecule has 1 N–H and O–H groups in total. The zero-order valence-corrected chi connectivity index (χ0v) is 14.4. The van der Waals surface area contributed by atoms with Crippen molar-refractivity contribution in [2.24, 2.45) is 5.92 Å². The van der Waals surface area contributed by atoms with Gasteiger partial charge in [-0.3, -0.25) is 4.90 Å². The first-order valence-corrected chi connectivity index (χ1v) is 9.37. The highest BCUT2D eigenvalue weighted by Crippen LogP contribution is 2.31. The van der Waals surface area contributed by atoms with Crippen LogP contribution in [-0.2, 0) is 4.74 Å². The van der Waals surface area contributed by atoms with Crippen molar-refractivity contribution >= 4 is 0 Å². The van der Waals surface area contributed by atoms with E-state index in [0.29, 0.717) is 18.2 Å². The third kappa shape index (κ3) is 4.94. The molecule has 2 fully saturated rings. The second-order valence-electron chi connectivity index (χ2n) is 6.92. The van der Waals surface area contributed by atoms with Crippen LogP contribution < -0.4 is 5.32 Å². The van der Waals surface area contributed by atoms with Crippen molar-refractivity contribution in [1.82, 2.24) is 10.2 Å². The molecule has 0 aromatic rings. The number of rotatable bonds is 8. The van der Waals surface area contributed by atoms with E-state index in [1.54, 1.807) is 0 Å². The fourth-order valence-electron chi connectivity index (χ4n) is 4.35. The second-order valence-corrected chi connectivity index (χ2v) is 6.92. The minimum atomic E-state index is 0.485. The molecule has 4 unspecified atom stereocenters. The molecule has 1 saturated heterocycles. The summed E-state index contributed by atoms with van der Waals surface area (Å²) >= 11 is 0. The zero-order valence-electron chi connectivity index (χ0n) is 14.4. The van der Waals surface area contributed by atoms with E-state index in [0.717, 1.165) is 32.2 Å². The van der Waals surface area contributed by atoms with Gasteiger partial charge in [-0.25, -0.2) is 0 Å². The van der Waals surface area contributed by atoms with Crippen molar-refractivity contribution in [2.75, 3.05) is 26.2 Å². The van der Waals surface area contributed by atoms with E-state index in [1.807, 2.05) is 0 Å². The molecular weight excluding hydrogens is 260 g/mol. The predicted molar refractivity (Wildman–Crippen MR) is 89.7 cm³/mol. The molecule has 3 heteroatoms. The Kier molecular flexibility index (Phi) is 7.48. The minimum Gasteiger partial charge on any atom is -0.377 e. The van der Waals surface area contributed by atoms with Gasteiger partial charge in [-0.15, -0.1) is 0 Å². The smallest absolute Gasteiger partial charge is 0.0702 e. The fourth-order valence-corrected chi connectivity index (χ4v) is 4.35. The molecule has 1 aliphatic heterocycles. The Hall–Kier alpha value is -0.120. The molecule has 0 radical (unpaired) electrons. The molecule has 2 rings (SSSR count). The number of ether oxygens (including phenoxy) is 1. The van der Waals surface area contributed by atoms with Crippen LogP contribution in [0.1, 0.15) is 65.7 Å². The SMILES string of the molecule is CCCC1CCC(NCC)C(N(CC)CC2CCCO2)C1. The molecule has 1 heterocycles. The van der Waals surface area contributed by atoms with Crippen molar-refractivity contribution in [2.45, 2.75) is 83.9 Å². The van der Waals surface area contributed by atoms with Crippen LogP contribution in [0.5, 0.6) is 0 Å². The molecule has 3 nitrogen and oxygen atoms in total. The highest BCUT2D eigenvalue weighted by molar-refractivity contribution is 4.91. The van der Waals surface area contributed by atoms with Gasteiger partial charge in [0.25, 0.3) is 0 Å². The Morgan fingerprint density at radius 2 is 2.00 bits per heavy atom. The Labute approximate surface area is 131 Å². The standard InChI is InChI=1S/C18H36N2O/c1-4-8-15-10-11-17(19-5-2)18(13-15)20(6-3)14-16-9-7-12-21-16/h15-19H,4-14H2,1-3H3. The van der Waals surface area contributed by atoms with Gasteiger partial charge in [0, 0.05) is 25.2 Å². The third-order valence-corrected chi connectivity index (χ3v) is 5.43. The number of nitrogens with zero attached hydrogens (tertiary/aromatic N) is 1. The van der Waals surface area contributed by atoms with E-state index >= 15 is 0 Å². The van der Waals surface area contributed by atoms with E-state index in [2.05, 4.69) is 31.0 Å². The van der Waals surface area contributed by atoms with Gasteiger partial charge in [-0.2, -0.15) is 0 Å². The van der Waals surface area contributed by atoms with Gasteiger partial charge >= 0.3 is 0 Å². The lowest BCUT2D eigenvalue weighted by Crippen LogP contribution is -2.54. The largest absolute Gasteiger partial charge is 0.377 e. The third-order valence-electron chi connectivity index (χ3n) is 5.43. The van der Waals surface area contributed by atoms with Gasteiger partial charge in [0.2, 0.25) is 0 Å². The van der Waals surface area contributed by atoms with E-state index in [1.165, 1.54) is 44.9 Å². The average Bonchev–Trinajstić information content (AvgIpc) is 3.00. The van der Waals surface area contributed by atoms with Gasteiger partial charge < -0.3 is 10.1 Å². The maximum Gasteiger partial charge on any atom is 0.0702 e. The van der Waals surface area contributed by atoms with Gasteiger partial charge in [0.15, 0.2) is 0 Å². The van der Waals surface area contributed by atoms with E-state index < -0.39 is 0 Å². The Balaban J connectivity index is 1.96. The van der Waals surface area contributed by atoms with Gasteiger partial charge in [-0.1, -0.05) is 33.6 Å². The summed E-state index contributed by atoms with van der Waals surface area (Å²) in [6.07, 6.45) is 9.89. The minimum absolute atomic E-state index is 0.485. The van der Waals surface area contributed by atoms with Crippen LogP contribution in [0.3, 0.4) is 0 Å².